The number of para-hydroxylation sites is 1. The van der Waals surface area contributed by atoms with Crippen molar-refractivity contribution in [2.75, 3.05) is 13.2 Å². The topological polar surface area (TPSA) is 68.4 Å². The molecule has 0 radical (unpaired) electrons. The van der Waals surface area contributed by atoms with Gasteiger partial charge in [-0.25, -0.2) is 8.42 Å². The van der Waals surface area contributed by atoms with Gasteiger partial charge in [-0.1, -0.05) is 18.2 Å². The highest BCUT2D eigenvalue weighted by Crippen LogP contribution is 2.35. The van der Waals surface area contributed by atoms with Crippen molar-refractivity contribution in [2.24, 2.45) is 0 Å². The molecule has 22 heavy (non-hydrogen) atoms. The summed E-state index contributed by atoms with van der Waals surface area (Å²) in [5.41, 5.74) is 0.790. The number of nitrogens with one attached hydrogen (secondary N) is 1. The lowest BCUT2D eigenvalue weighted by atomic mass is 10.2. The van der Waals surface area contributed by atoms with Crippen molar-refractivity contribution in [1.82, 2.24) is 4.98 Å². The summed E-state index contributed by atoms with van der Waals surface area (Å²) in [4.78, 5) is 3.45. The molecular formula is C16H13NO4S. The fourth-order valence-corrected chi connectivity index (χ4v) is 4.03. The molecule has 0 fully saturated rings. The second-order valence-electron chi connectivity index (χ2n) is 5.01. The molecule has 0 atom stereocenters. The zero-order valence-corrected chi connectivity index (χ0v) is 12.4. The molecule has 0 aliphatic carbocycles. The molecule has 3 aromatic rings. The van der Waals surface area contributed by atoms with Crippen molar-refractivity contribution in [3.63, 3.8) is 0 Å². The third-order valence-corrected chi connectivity index (χ3v) is 5.46. The Hall–Kier alpha value is -2.47. The smallest absolute Gasteiger partial charge is 0.208 e. The average molecular weight is 315 g/mol. The lowest BCUT2D eigenvalue weighted by Gasteiger charge is -2.18. The third kappa shape index (κ3) is 1.95. The molecule has 6 heteroatoms. The number of aromatic nitrogens is 1. The van der Waals surface area contributed by atoms with Gasteiger partial charge in [0.25, 0.3) is 0 Å². The molecule has 5 nitrogen and oxygen atoms in total. The first kappa shape index (κ1) is 13.2. The summed E-state index contributed by atoms with van der Waals surface area (Å²) in [6, 6.07) is 12.0. The van der Waals surface area contributed by atoms with Crippen molar-refractivity contribution < 1.29 is 17.9 Å². The first-order valence-corrected chi connectivity index (χ1v) is 8.35. The van der Waals surface area contributed by atoms with E-state index in [9.17, 15) is 8.42 Å². The van der Waals surface area contributed by atoms with E-state index < -0.39 is 9.84 Å². The van der Waals surface area contributed by atoms with Gasteiger partial charge in [-0.2, -0.15) is 0 Å². The molecule has 0 saturated carbocycles. The van der Waals surface area contributed by atoms with Gasteiger partial charge in [-0.05, 0) is 18.2 Å². The van der Waals surface area contributed by atoms with E-state index in [1.165, 1.54) is 12.3 Å². The Kier molecular flexibility index (Phi) is 2.87. The molecule has 0 spiro atoms. The van der Waals surface area contributed by atoms with Gasteiger partial charge in [0, 0.05) is 23.2 Å². The maximum Gasteiger partial charge on any atom is 0.208 e. The van der Waals surface area contributed by atoms with Crippen molar-refractivity contribution in [1.29, 1.82) is 0 Å². The van der Waals surface area contributed by atoms with Gasteiger partial charge in [-0.3, -0.25) is 0 Å². The summed E-state index contributed by atoms with van der Waals surface area (Å²) < 4.78 is 36.6. The number of hydrogen-bond acceptors (Lipinski definition) is 4. The zero-order chi connectivity index (χ0) is 15.2. The average Bonchev–Trinajstić information content (AvgIpc) is 2.99. The molecule has 0 saturated heterocycles. The van der Waals surface area contributed by atoms with Crippen molar-refractivity contribution >= 4 is 20.7 Å². The summed E-state index contributed by atoms with van der Waals surface area (Å²) in [6.07, 6.45) is 1.52. The Morgan fingerprint density at radius 2 is 1.73 bits per heavy atom. The fourth-order valence-electron chi connectivity index (χ4n) is 2.59. The molecule has 0 amide bonds. The molecule has 0 unspecified atom stereocenters. The monoisotopic (exact) mass is 315 g/mol. The molecule has 4 rings (SSSR count). The normalized spacial score (nSPS) is 14.2. The Morgan fingerprint density at radius 3 is 2.59 bits per heavy atom. The number of rotatable bonds is 2. The van der Waals surface area contributed by atoms with E-state index in [2.05, 4.69) is 4.98 Å². The van der Waals surface area contributed by atoms with Crippen LogP contribution in [0.15, 0.2) is 58.5 Å². The standard InChI is InChI=1S/C16H13NO4S/c18-22(19,16-10-17-13-4-2-1-3-12(13)16)11-5-6-14-15(9-11)21-8-7-20-14/h1-6,9-10,17H,7-8H2. The van der Waals surface area contributed by atoms with Gasteiger partial charge >= 0.3 is 0 Å². The predicted octanol–water partition coefficient (Wildman–Crippen LogP) is 2.77. The first-order valence-electron chi connectivity index (χ1n) is 6.87. The molecule has 112 valence electrons. The Morgan fingerprint density at radius 1 is 0.955 bits per heavy atom. The van der Waals surface area contributed by atoms with E-state index in [-0.39, 0.29) is 9.79 Å². The van der Waals surface area contributed by atoms with Crippen molar-refractivity contribution in [2.45, 2.75) is 9.79 Å². The summed E-state index contributed by atoms with van der Waals surface area (Å²) in [7, 11) is -3.62. The number of ether oxygens (including phenoxy) is 2. The van der Waals surface area contributed by atoms with Crippen LogP contribution in [0.3, 0.4) is 0 Å². The van der Waals surface area contributed by atoms with Crippen LogP contribution in [0.1, 0.15) is 0 Å². The van der Waals surface area contributed by atoms with Crippen LogP contribution >= 0.6 is 0 Å². The van der Waals surface area contributed by atoms with E-state index in [0.29, 0.717) is 30.1 Å². The van der Waals surface area contributed by atoms with Crippen LogP contribution in [-0.2, 0) is 9.84 Å². The highest BCUT2D eigenvalue weighted by Gasteiger charge is 2.24. The Labute approximate surface area is 127 Å². The van der Waals surface area contributed by atoms with Gasteiger partial charge in [0.2, 0.25) is 9.84 Å². The van der Waals surface area contributed by atoms with Crippen LogP contribution in [-0.4, -0.2) is 26.6 Å². The van der Waals surface area contributed by atoms with Gasteiger partial charge in [0.1, 0.15) is 13.2 Å². The van der Waals surface area contributed by atoms with Crippen molar-refractivity contribution in [3.8, 4) is 11.5 Å². The lowest BCUT2D eigenvalue weighted by Crippen LogP contribution is -2.15. The van der Waals surface area contributed by atoms with Crippen LogP contribution in [0.5, 0.6) is 11.5 Å². The Balaban J connectivity index is 1.87. The second-order valence-corrected chi connectivity index (χ2v) is 6.93. The summed E-state index contributed by atoms with van der Waals surface area (Å²) >= 11 is 0. The maximum absolute atomic E-state index is 12.9. The number of sulfone groups is 1. The van der Waals surface area contributed by atoms with E-state index in [0.717, 1.165) is 5.52 Å². The quantitative estimate of drug-likeness (QED) is 0.789. The van der Waals surface area contributed by atoms with Crippen LogP contribution < -0.4 is 9.47 Å². The van der Waals surface area contributed by atoms with Gasteiger partial charge in [0.15, 0.2) is 11.5 Å². The van der Waals surface area contributed by atoms with Crippen LogP contribution in [0.25, 0.3) is 10.9 Å². The highest BCUT2D eigenvalue weighted by atomic mass is 32.2. The van der Waals surface area contributed by atoms with Gasteiger partial charge < -0.3 is 14.5 Å². The Bertz CT molecular complexity index is 959. The van der Waals surface area contributed by atoms with E-state index in [1.54, 1.807) is 18.2 Å². The molecule has 2 heterocycles. The van der Waals surface area contributed by atoms with E-state index in [1.807, 2.05) is 18.2 Å². The fraction of sp³-hybridized carbons (Fsp3) is 0.125. The van der Waals surface area contributed by atoms with Crippen molar-refractivity contribution in [3.05, 3.63) is 48.7 Å². The number of fused-ring (bicyclic) bond motifs is 2. The predicted molar refractivity (Wildman–Crippen MR) is 81.2 cm³/mol. The van der Waals surface area contributed by atoms with E-state index >= 15 is 0 Å². The van der Waals surface area contributed by atoms with Gasteiger partial charge in [-0.15, -0.1) is 0 Å². The van der Waals surface area contributed by atoms with Crippen LogP contribution in [0.4, 0.5) is 0 Å². The van der Waals surface area contributed by atoms with Gasteiger partial charge in [0.05, 0.1) is 9.79 Å². The van der Waals surface area contributed by atoms with Crippen LogP contribution in [0.2, 0.25) is 0 Å². The zero-order valence-electron chi connectivity index (χ0n) is 11.6. The number of aromatic amines is 1. The second kappa shape index (κ2) is 4.78. The SMILES string of the molecule is O=S(=O)(c1ccc2c(c1)OCCO2)c1c[nH]c2ccccc12. The molecule has 1 N–H and O–H groups in total. The minimum absolute atomic E-state index is 0.196. The minimum atomic E-state index is -3.62. The number of H-pyrrole nitrogens is 1. The largest absolute Gasteiger partial charge is 0.486 e. The molecule has 1 aliphatic heterocycles. The lowest BCUT2D eigenvalue weighted by molar-refractivity contribution is 0.171. The minimum Gasteiger partial charge on any atom is -0.486 e. The summed E-state index contributed by atoms with van der Waals surface area (Å²) in [5, 5.41) is 0.678. The van der Waals surface area contributed by atoms with E-state index in [4.69, 9.17) is 9.47 Å². The summed E-state index contributed by atoms with van der Waals surface area (Å²) in [6.45, 7) is 0.894. The first-order chi connectivity index (χ1) is 10.7. The van der Waals surface area contributed by atoms with Crippen LogP contribution in [0, 0.1) is 0 Å². The summed E-state index contributed by atoms with van der Waals surface area (Å²) in [5.74, 6) is 1.04. The molecule has 1 aliphatic rings. The highest BCUT2D eigenvalue weighted by molar-refractivity contribution is 7.91. The molecular weight excluding hydrogens is 302 g/mol. The molecule has 1 aromatic heterocycles. The third-order valence-electron chi connectivity index (χ3n) is 3.66. The number of benzene rings is 2. The molecule has 2 aromatic carbocycles. The maximum atomic E-state index is 12.9. The molecule has 0 bridgehead atoms. The number of hydrogen-bond donors (Lipinski definition) is 1.